The minimum absolute atomic E-state index is 0.414. The van der Waals surface area contributed by atoms with Gasteiger partial charge >= 0.3 is 0 Å². The Bertz CT molecular complexity index is 743. The molecule has 0 bridgehead atoms. The van der Waals surface area contributed by atoms with Gasteiger partial charge in [0, 0.05) is 32.2 Å². The average Bonchev–Trinajstić information content (AvgIpc) is 3.10. The molecule has 4 aliphatic rings. The van der Waals surface area contributed by atoms with Crippen molar-refractivity contribution in [2.45, 2.75) is 84.0 Å². The molecule has 0 spiro atoms. The zero-order valence-electron chi connectivity index (χ0n) is 20.9. The second-order valence-electron chi connectivity index (χ2n) is 11.8. The standard InChI is InChI=1S/C28H46N2O2/c1-19(17-30-14-13-29(5)18-20(30)2)24-10-11-25-23(7-6-12-28(24,25)4)9-8-22-15-26(31)21(3)27(32)16-22/h8-9,19-20,24-27,31-32H,3,6-7,10-18H2,1-2,4-5H3/t19?,20?,24-,25+,26-,27-,28-/m1/s1. The SMILES string of the molecule is C=C1[C@H](O)CC(=CC=C2CCC[C@]3(C)[C@@H](C(C)CN4CCN(C)CC4C)CC[C@@H]23)C[C@H]1O. The minimum atomic E-state index is -0.603. The molecule has 0 amide bonds. The van der Waals surface area contributed by atoms with Crippen LogP contribution in [0.5, 0.6) is 0 Å². The zero-order valence-corrected chi connectivity index (χ0v) is 20.9. The van der Waals surface area contributed by atoms with Crippen molar-refractivity contribution in [1.82, 2.24) is 9.80 Å². The van der Waals surface area contributed by atoms with Crippen LogP contribution in [-0.2, 0) is 0 Å². The molecular formula is C28H46N2O2. The molecule has 32 heavy (non-hydrogen) atoms. The molecule has 0 aromatic rings. The Hall–Kier alpha value is -0.940. The molecule has 0 aromatic heterocycles. The first-order valence-electron chi connectivity index (χ1n) is 13.0. The lowest BCUT2D eigenvalue weighted by Crippen LogP contribution is -2.52. The second kappa shape index (κ2) is 9.74. The van der Waals surface area contributed by atoms with Crippen LogP contribution in [0.15, 0.2) is 35.5 Å². The van der Waals surface area contributed by atoms with Gasteiger partial charge in [-0.1, -0.05) is 43.7 Å². The number of hydrogen-bond donors (Lipinski definition) is 2. The summed E-state index contributed by atoms with van der Waals surface area (Å²) in [5, 5.41) is 20.4. The molecule has 4 rings (SSSR count). The highest BCUT2D eigenvalue weighted by Crippen LogP contribution is 2.59. The number of piperazine rings is 1. The van der Waals surface area contributed by atoms with Gasteiger partial charge in [-0.3, -0.25) is 4.90 Å². The predicted molar refractivity (Wildman–Crippen MR) is 132 cm³/mol. The highest BCUT2D eigenvalue weighted by molar-refractivity contribution is 5.29. The summed E-state index contributed by atoms with van der Waals surface area (Å²) in [5.41, 5.74) is 3.76. The van der Waals surface area contributed by atoms with Crippen LogP contribution in [0.3, 0.4) is 0 Å². The number of allylic oxidation sites excluding steroid dienone is 3. The van der Waals surface area contributed by atoms with Crippen LogP contribution < -0.4 is 0 Å². The summed E-state index contributed by atoms with van der Waals surface area (Å²) in [7, 11) is 2.25. The van der Waals surface area contributed by atoms with Crippen LogP contribution in [0.1, 0.15) is 65.7 Å². The third kappa shape index (κ3) is 4.80. The Kier molecular flexibility index (Phi) is 7.36. The van der Waals surface area contributed by atoms with E-state index in [0.717, 1.165) is 17.4 Å². The lowest BCUT2D eigenvalue weighted by Gasteiger charge is -2.46. The molecule has 7 atom stereocenters. The summed E-state index contributed by atoms with van der Waals surface area (Å²) in [5.74, 6) is 2.24. The molecule has 3 aliphatic carbocycles. The summed E-state index contributed by atoms with van der Waals surface area (Å²) in [4.78, 5) is 5.20. The average molecular weight is 443 g/mol. The van der Waals surface area contributed by atoms with Gasteiger partial charge in [0.05, 0.1) is 12.2 Å². The van der Waals surface area contributed by atoms with Gasteiger partial charge in [0.1, 0.15) is 0 Å². The maximum Gasteiger partial charge on any atom is 0.0809 e. The number of aliphatic hydroxyl groups is 2. The largest absolute Gasteiger partial charge is 0.388 e. The van der Waals surface area contributed by atoms with Gasteiger partial charge in [-0.15, -0.1) is 0 Å². The third-order valence-electron chi connectivity index (χ3n) is 9.52. The first-order valence-corrected chi connectivity index (χ1v) is 13.0. The van der Waals surface area contributed by atoms with Gasteiger partial charge in [-0.2, -0.15) is 0 Å². The van der Waals surface area contributed by atoms with E-state index in [2.05, 4.69) is 56.3 Å². The van der Waals surface area contributed by atoms with Crippen molar-refractivity contribution >= 4 is 0 Å². The molecular weight excluding hydrogens is 396 g/mol. The summed E-state index contributed by atoms with van der Waals surface area (Å²) < 4.78 is 0. The lowest BCUT2D eigenvalue weighted by atomic mass is 9.61. The number of hydrogen-bond acceptors (Lipinski definition) is 4. The van der Waals surface area contributed by atoms with E-state index >= 15 is 0 Å². The quantitative estimate of drug-likeness (QED) is 0.634. The Morgan fingerprint density at radius 1 is 1.16 bits per heavy atom. The summed E-state index contributed by atoms with van der Waals surface area (Å²) in [6.45, 7) is 16.2. The first-order chi connectivity index (χ1) is 15.2. The second-order valence-corrected chi connectivity index (χ2v) is 11.8. The van der Waals surface area contributed by atoms with E-state index in [1.807, 2.05) is 0 Å². The Balaban J connectivity index is 1.44. The van der Waals surface area contributed by atoms with E-state index in [0.29, 0.717) is 35.8 Å². The maximum absolute atomic E-state index is 10.2. The molecule has 2 N–H and O–H groups in total. The van der Waals surface area contributed by atoms with E-state index in [1.165, 1.54) is 58.3 Å². The van der Waals surface area contributed by atoms with E-state index < -0.39 is 12.2 Å². The smallest absolute Gasteiger partial charge is 0.0809 e. The summed E-state index contributed by atoms with van der Waals surface area (Å²) in [6, 6.07) is 0.659. The Labute approximate surface area is 196 Å². The topological polar surface area (TPSA) is 46.9 Å². The molecule has 1 aliphatic heterocycles. The maximum atomic E-state index is 10.2. The molecule has 1 heterocycles. The highest BCUT2D eigenvalue weighted by atomic mass is 16.3. The Morgan fingerprint density at radius 3 is 2.56 bits per heavy atom. The Morgan fingerprint density at radius 2 is 1.88 bits per heavy atom. The van der Waals surface area contributed by atoms with Gasteiger partial charge in [-0.25, -0.2) is 0 Å². The number of nitrogens with zero attached hydrogens (tertiary/aromatic N) is 2. The first kappa shape index (κ1) is 24.2. The van der Waals surface area contributed by atoms with Gasteiger partial charge < -0.3 is 15.1 Å². The number of aliphatic hydroxyl groups excluding tert-OH is 2. The fourth-order valence-electron chi connectivity index (χ4n) is 7.59. The molecule has 3 saturated carbocycles. The molecule has 2 unspecified atom stereocenters. The third-order valence-corrected chi connectivity index (χ3v) is 9.52. The van der Waals surface area contributed by atoms with Crippen molar-refractivity contribution in [3.63, 3.8) is 0 Å². The number of likely N-dealkylation sites (N-methyl/N-ethyl adjacent to an activating group) is 1. The van der Waals surface area contributed by atoms with Crippen LogP contribution in [0.25, 0.3) is 0 Å². The molecule has 0 radical (unpaired) electrons. The van der Waals surface area contributed by atoms with E-state index in [9.17, 15) is 10.2 Å². The number of fused-ring (bicyclic) bond motifs is 1. The van der Waals surface area contributed by atoms with Crippen LogP contribution in [0, 0.1) is 23.2 Å². The monoisotopic (exact) mass is 442 g/mol. The molecule has 1 saturated heterocycles. The summed E-state index contributed by atoms with van der Waals surface area (Å²) in [6.07, 6.45) is 11.1. The van der Waals surface area contributed by atoms with Crippen LogP contribution in [0.4, 0.5) is 0 Å². The zero-order chi connectivity index (χ0) is 23.0. The summed E-state index contributed by atoms with van der Waals surface area (Å²) >= 11 is 0. The molecule has 4 nitrogen and oxygen atoms in total. The van der Waals surface area contributed by atoms with Crippen molar-refractivity contribution in [1.29, 1.82) is 0 Å². The fourth-order valence-corrected chi connectivity index (χ4v) is 7.59. The molecule has 4 fully saturated rings. The van der Waals surface area contributed by atoms with Gasteiger partial charge in [0.25, 0.3) is 0 Å². The van der Waals surface area contributed by atoms with E-state index in [1.54, 1.807) is 5.57 Å². The van der Waals surface area contributed by atoms with Crippen molar-refractivity contribution in [2.24, 2.45) is 23.2 Å². The van der Waals surface area contributed by atoms with Crippen molar-refractivity contribution in [3.8, 4) is 0 Å². The van der Waals surface area contributed by atoms with Crippen LogP contribution in [0.2, 0.25) is 0 Å². The van der Waals surface area contributed by atoms with Crippen LogP contribution >= 0.6 is 0 Å². The normalized spacial score (nSPS) is 41.7. The molecule has 180 valence electrons. The predicted octanol–water partition coefficient (Wildman–Crippen LogP) is 4.40. The van der Waals surface area contributed by atoms with E-state index in [-0.39, 0.29) is 0 Å². The molecule has 0 aromatic carbocycles. The number of rotatable bonds is 4. The van der Waals surface area contributed by atoms with Crippen LogP contribution in [-0.4, -0.2) is 71.5 Å². The van der Waals surface area contributed by atoms with E-state index in [4.69, 9.17) is 0 Å². The minimum Gasteiger partial charge on any atom is -0.388 e. The lowest BCUT2D eigenvalue weighted by molar-refractivity contribution is 0.0434. The fraction of sp³-hybridized carbons (Fsp3) is 0.786. The van der Waals surface area contributed by atoms with Gasteiger partial charge in [0.15, 0.2) is 0 Å². The van der Waals surface area contributed by atoms with Crippen molar-refractivity contribution in [3.05, 3.63) is 35.5 Å². The van der Waals surface area contributed by atoms with Crippen molar-refractivity contribution < 1.29 is 10.2 Å². The molecule has 4 heteroatoms. The van der Waals surface area contributed by atoms with Gasteiger partial charge in [-0.05, 0) is 87.7 Å². The van der Waals surface area contributed by atoms with Crippen molar-refractivity contribution in [2.75, 3.05) is 33.2 Å². The highest BCUT2D eigenvalue weighted by Gasteiger charge is 2.50. The van der Waals surface area contributed by atoms with Gasteiger partial charge in [0.2, 0.25) is 0 Å².